The van der Waals surface area contributed by atoms with Gasteiger partial charge in [0, 0.05) is 32.3 Å². The highest BCUT2D eigenvalue weighted by Gasteiger charge is 2.39. The van der Waals surface area contributed by atoms with Crippen LogP contribution in [0.25, 0.3) is 0 Å². The van der Waals surface area contributed by atoms with Crippen molar-refractivity contribution in [2.75, 3.05) is 33.3 Å². The van der Waals surface area contributed by atoms with Gasteiger partial charge in [0.15, 0.2) is 0 Å². The SMILES string of the molecule is COC1(C(=O)NCc2ccc(C(=O)N3CC(C)OC(C)C3)cc2)CCNCC1.Cl. The number of methoxy groups -OCH3 is 1. The summed E-state index contributed by atoms with van der Waals surface area (Å²) < 4.78 is 11.2. The second-order valence-corrected chi connectivity index (χ2v) is 7.80. The first-order chi connectivity index (χ1) is 13.4. The fourth-order valence-corrected chi connectivity index (χ4v) is 3.99. The van der Waals surface area contributed by atoms with E-state index < -0.39 is 5.60 Å². The molecule has 1 aromatic rings. The lowest BCUT2D eigenvalue weighted by molar-refractivity contribution is -0.146. The molecule has 2 aliphatic heterocycles. The van der Waals surface area contributed by atoms with Crippen LogP contribution in [0.1, 0.15) is 42.6 Å². The molecule has 2 fully saturated rings. The zero-order valence-corrected chi connectivity index (χ0v) is 18.2. The Hall–Kier alpha value is -1.67. The van der Waals surface area contributed by atoms with Gasteiger partial charge in [-0.15, -0.1) is 12.4 Å². The molecule has 7 nitrogen and oxygen atoms in total. The highest BCUT2D eigenvalue weighted by molar-refractivity contribution is 5.94. The summed E-state index contributed by atoms with van der Waals surface area (Å²) >= 11 is 0. The molecule has 0 aliphatic carbocycles. The van der Waals surface area contributed by atoms with E-state index in [-0.39, 0.29) is 36.4 Å². The molecule has 0 radical (unpaired) electrons. The maximum atomic E-state index is 12.7. The van der Waals surface area contributed by atoms with Gasteiger partial charge in [-0.05, 0) is 57.5 Å². The predicted molar refractivity (Wildman–Crippen MR) is 113 cm³/mol. The fourth-order valence-electron chi connectivity index (χ4n) is 3.99. The van der Waals surface area contributed by atoms with E-state index in [0.29, 0.717) is 38.0 Å². The lowest BCUT2D eigenvalue weighted by Gasteiger charge is -2.35. The van der Waals surface area contributed by atoms with Crippen LogP contribution in [0.5, 0.6) is 0 Å². The molecule has 2 N–H and O–H groups in total. The van der Waals surface area contributed by atoms with E-state index in [2.05, 4.69) is 10.6 Å². The molecule has 2 saturated heterocycles. The third-order valence-electron chi connectivity index (χ3n) is 5.58. The number of hydrogen-bond donors (Lipinski definition) is 2. The Morgan fingerprint density at radius 1 is 1.17 bits per heavy atom. The van der Waals surface area contributed by atoms with Crippen molar-refractivity contribution in [3.63, 3.8) is 0 Å². The van der Waals surface area contributed by atoms with E-state index in [4.69, 9.17) is 9.47 Å². The van der Waals surface area contributed by atoms with Gasteiger partial charge in [0.05, 0.1) is 12.2 Å². The number of nitrogens with zero attached hydrogens (tertiary/aromatic N) is 1. The minimum atomic E-state index is -0.745. The molecule has 0 saturated carbocycles. The monoisotopic (exact) mass is 425 g/mol. The molecule has 2 aliphatic rings. The number of amides is 2. The molecule has 3 rings (SSSR count). The molecule has 29 heavy (non-hydrogen) atoms. The Bertz CT molecular complexity index is 682. The number of carbonyl (C=O) groups is 2. The van der Waals surface area contributed by atoms with E-state index in [9.17, 15) is 9.59 Å². The van der Waals surface area contributed by atoms with E-state index in [0.717, 1.165) is 18.7 Å². The van der Waals surface area contributed by atoms with Gasteiger partial charge in [0.1, 0.15) is 5.60 Å². The number of hydrogen-bond acceptors (Lipinski definition) is 5. The maximum Gasteiger partial charge on any atom is 0.254 e. The summed E-state index contributed by atoms with van der Waals surface area (Å²) in [7, 11) is 1.60. The van der Waals surface area contributed by atoms with Gasteiger partial charge in [-0.2, -0.15) is 0 Å². The van der Waals surface area contributed by atoms with E-state index in [1.54, 1.807) is 7.11 Å². The summed E-state index contributed by atoms with van der Waals surface area (Å²) in [6.45, 7) is 7.14. The van der Waals surface area contributed by atoms with Crippen molar-refractivity contribution in [2.45, 2.75) is 51.0 Å². The average Bonchev–Trinajstić information content (AvgIpc) is 2.71. The standard InChI is InChI=1S/C21H31N3O4.ClH/c1-15-13-24(14-16(2)28-15)19(25)18-6-4-17(5-7-18)12-23-20(26)21(27-3)8-10-22-11-9-21;/h4-7,15-16,22H,8-14H2,1-3H3,(H,23,26);1H. The Labute approximate surface area is 178 Å². The van der Waals surface area contributed by atoms with Gasteiger partial charge >= 0.3 is 0 Å². The molecule has 0 bridgehead atoms. The smallest absolute Gasteiger partial charge is 0.254 e. The normalized spacial score (nSPS) is 23.8. The molecule has 2 unspecified atom stereocenters. The van der Waals surface area contributed by atoms with Crippen molar-refractivity contribution < 1.29 is 19.1 Å². The summed E-state index contributed by atoms with van der Waals surface area (Å²) in [5, 5.41) is 6.23. The number of nitrogens with one attached hydrogen (secondary N) is 2. The van der Waals surface area contributed by atoms with Crippen LogP contribution in [-0.2, 0) is 20.8 Å². The zero-order chi connectivity index (χ0) is 20.1. The van der Waals surface area contributed by atoms with Crippen molar-refractivity contribution in [3.8, 4) is 0 Å². The van der Waals surface area contributed by atoms with Crippen molar-refractivity contribution in [2.24, 2.45) is 0 Å². The fraction of sp³-hybridized carbons (Fsp3) is 0.619. The second-order valence-electron chi connectivity index (χ2n) is 7.80. The quantitative estimate of drug-likeness (QED) is 0.751. The minimum absolute atomic E-state index is 0. The first-order valence-corrected chi connectivity index (χ1v) is 10.0. The first kappa shape index (κ1) is 23.6. The van der Waals surface area contributed by atoms with Gasteiger partial charge in [-0.25, -0.2) is 0 Å². The highest BCUT2D eigenvalue weighted by Crippen LogP contribution is 2.23. The van der Waals surface area contributed by atoms with Gasteiger partial charge in [-0.3, -0.25) is 9.59 Å². The van der Waals surface area contributed by atoms with E-state index >= 15 is 0 Å². The van der Waals surface area contributed by atoms with Crippen molar-refractivity contribution >= 4 is 24.2 Å². The minimum Gasteiger partial charge on any atom is -0.372 e. The van der Waals surface area contributed by atoms with Crippen LogP contribution < -0.4 is 10.6 Å². The highest BCUT2D eigenvalue weighted by atomic mass is 35.5. The van der Waals surface area contributed by atoms with Crippen LogP contribution in [0.4, 0.5) is 0 Å². The summed E-state index contributed by atoms with van der Waals surface area (Å²) in [5.41, 5.74) is 0.863. The third-order valence-corrected chi connectivity index (χ3v) is 5.58. The number of benzene rings is 1. The van der Waals surface area contributed by atoms with Crippen LogP contribution in [-0.4, -0.2) is 67.8 Å². The molecule has 0 aromatic heterocycles. The third kappa shape index (κ3) is 5.69. The Balaban J connectivity index is 0.00000300. The number of rotatable bonds is 5. The van der Waals surface area contributed by atoms with E-state index in [1.165, 1.54) is 0 Å². The van der Waals surface area contributed by atoms with Crippen LogP contribution in [0.15, 0.2) is 24.3 Å². The summed E-state index contributed by atoms with van der Waals surface area (Å²) in [4.78, 5) is 27.2. The first-order valence-electron chi connectivity index (χ1n) is 10.0. The molecule has 2 atom stereocenters. The predicted octanol–water partition coefficient (Wildman–Crippen LogP) is 1.74. The Morgan fingerprint density at radius 2 is 1.76 bits per heavy atom. The molecule has 2 heterocycles. The van der Waals surface area contributed by atoms with Crippen LogP contribution in [0.3, 0.4) is 0 Å². The van der Waals surface area contributed by atoms with Crippen molar-refractivity contribution in [1.82, 2.24) is 15.5 Å². The molecule has 2 amide bonds. The largest absolute Gasteiger partial charge is 0.372 e. The lowest BCUT2D eigenvalue weighted by Crippen LogP contribution is -2.53. The Kier molecular flexibility index (Phi) is 8.46. The summed E-state index contributed by atoms with van der Waals surface area (Å²) in [6, 6.07) is 7.43. The molecule has 8 heteroatoms. The van der Waals surface area contributed by atoms with E-state index in [1.807, 2.05) is 43.0 Å². The number of ether oxygens (including phenoxy) is 2. The zero-order valence-electron chi connectivity index (χ0n) is 17.4. The van der Waals surface area contributed by atoms with Gasteiger partial charge in [-0.1, -0.05) is 12.1 Å². The van der Waals surface area contributed by atoms with Crippen LogP contribution in [0.2, 0.25) is 0 Å². The topological polar surface area (TPSA) is 79.9 Å². The summed E-state index contributed by atoms with van der Waals surface area (Å²) in [6.07, 6.45) is 1.42. The van der Waals surface area contributed by atoms with Gasteiger partial charge in [0.25, 0.3) is 11.8 Å². The molecule has 162 valence electrons. The molecule has 1 aromatic carbocycles. The van der Waals surface area contributed by atoms with Gasteiger partial charge < -0.3 is 25.0 Å². The number of halogens is 1. The maximum absolute atomic E-state index is 12.7. The molecule has 0 spiro atoms. The Morgan fingerprint density at radius 3 is 2.31 bits per heavy atom. The molecular weight excluding hydrogens is 394 g/mol. The second kappa shape index (κ2) is 10.4. The van der Waals surface area contributed by atoms with Crippen molar-refractivity contribution in [1.29, 1.82) is 0 Å². The average molecular weight is 426 g/mol. The van der Waals surface area contributed by atoms with Gasteiger partial charge in [0.2, 0.25) is 0 Å². The lowest BCUT2D eigenvalue weighted by atomic mass is 9.91. The number of morpholine rings is 1. The van der Waals surface area contributed by atoms with Crippen molar-refractivity contribution in [3.05, 3.63) is 35.4 Å². The van der Waals surface area contributed by atoms with Crippen LogP contribution in [0, 0.1) is 0 Å². The summed E-state index contributed by atoms with van der Waals surface area (Å²) in [5.74, 6) is -0.0569. The molecular formula is C21H32ClN3O4. The van der Waals surface area contributed by atoms with Crippen LogP contribution >= 0.6 is 12.4 Å². The number of carbonyl (C=O) groups excluding carboxylic acids is 2. The number of piperidine rings is 1.